The molecule has 7 N–H and O–H groups in total. The largest absolute Gasteiger partial charge is 0.453 e. The lowest BCUT2D eigenvalue weighted by Gasteiger charge is -2.37. The number of nitrogen functional groups attached to an aromatic ring is 2. The number of ether oxygens (including phenoxy) is 2. The number of nitrogens with two attached hydrogens (primary N) is 2. The first-order chi connectivity index (χ1) is 18.2. The lowest BCUT2D eigenvalue weighted by molar-refractivity contribution is 0.0221. The van der Waals surface area contributed by atoms with Gasteiger partial charge in [-0.05, 0) is 42.8 Å². The molecule has 0 saturated carbocycles. The average molecular weight is 576 g/mol. The normalized spacial score (nSPS) is 15.1. The van der Waals surface area contributed by atoms with Crippen LogP contribution in [0.3, 0.4) is 0 Å². The predicted octanol–water partition coefficient (Wildman–Crippen LogP) is 2.05. The van der Waals surface area contributed by atoms with Gasteiger partial charge < -0.3 is 26.3 Å². The minimum Gasteiger partial charge on any atom is -0.453 e. The van der Waals surface area contributed by atoms with Gasteiger partial charge in [-0.1, -0.05) is 13.0 Å². The molecular weight excluding hydrogens is 554 g/mol. The van der Waals surface area contributed by atoms with E-state index < -0.39 is 70.4 Å². The zero-order valence-corrected chi connectivity index (χ0v) is 21.7. The summed E-state index contributed by atoms with van der Waals surface area (Å²) in [5.41, 5.74) is 8.63. The van der Waals surface area contributed by atoms with E-state index in [1.54, 1.807) is 0 Å². The lowest BCUT2D eigenvalue weighted by atomic mass is 9.77. The second kappa shape index (κ2) is 8.67. The summed E-state index contributed by atoms with van der Waals surface area (Å²) in [6.07, 6.45) is 0.674. The quantitative estimate of drug-likeness (QED) is 0.167. The van der Waals surface area contributed by atoms with Gasteiger partial charge in [0.2, 0.25) is 0 Å². The van der Waals surface area contributed by atoms with Gasteiger partial charge in [0.25, 0.3) is 26.1 Å². The zero-order valence-electron chi connectivity index (χ0n) is 20.1. The Balaban J connectivity index is 1.90. The number of fused-ring (bicyclic) bond motifs is 6. The molecule has 13 nitrogen and oxygen atoms in total. The molecule has 2 aliphatic rings. The van der Waals surface area contributed by atoms with Gasteiger partial charge in [0.05, 0.1) is 16.9 Å². The second-order valence-corrected chi connectivity index (χ2v) is 11.6. The summed E-state index contributed by atoms with van der Waals surface area (Å²) in [5, 5.41) is 2.69. The molecule has 1 spiro atoms. The van der Waals surface area contributed by atoms with Gasteiger partial charge in [-0.25, -0.2) is 4.79 Å². The van der Waals surface area contributed by atoms with E-state index in [0.717, 1.165) is 12.1 Å². The molecule has 0 saturated heterocycles. The van der Waals surface area contributed by atoms with E-state index in [1.807, 2.05) is 6.92 Å². The van der Waals surface area contributed by atoms with Crippen LogP contribution in [0.5, 0.6) is 11.5 Å². The maximum absolute atomic E-state index is 13.3. The molecule has 15 heteroatoms. The zero-order chi connectivity index (χ0) is 28.5. The highest BCUT2D eigenvalue weighted by atomic mass is 32.2. The lowest BCUT2D eigenvalue weighted by Crippen LogP contribution is -2.34. The van der Waals surface area contributed by atoms with E-state index in [4.69, 9.17) is 20.9 Å². The monoisotopic (exact) mass is 575 g/mol. The molecule has 3 aromatic rings. The van der Waals surface area contributed by atoms with Gasteiger partial charge in [-0.15, -0.1) is 0 Å². The van der Waals surface area contributed by atoms with E-state index in [9.17, 15) is 35.5 Å². The van der Waals surface area contributed by atoms with Crippen molar-refractivity contribution in [3.05, 3.63) is 70.3 Å². The number of anilines is 2. The fraction of sp³-hybridized carbons (Fsp3) is 0.167. The average Bonchev–Trinajstić information content (AvgIpc) is 3.12. The number of esters is 1. The Morgan fingerprint density at radius 2 is 1.41 bits per heavy atom. The molecule has 204 valence electrons. The fourth-order valence-corrected chi connectivity index (χ4v) is 6.35. The van der Waals surface area contributed by atoms with Crippen molar-refractivity contribution in [2.45, 2.75) is 28.7 Å². The first kappa shape index (κ1) is 26.4. The van der Waals surface area contributed by atoms with E-state index in [-0.39, 0.29) is 27.8 Å². The molecule has 39 heavy (non-hydrogen) atoms. The van der Waals surface area contributed by atoms with Crippen LogP contribution in [0.25, 0.3) is 0 Å². The number of hydrogen-bond acceptors (Lipinski definition) is 10. The van der Waals surface area contributed by atoms with Gasteiger partial charge in [0.15, 0.2) is 26.9 Å². The number of benzene rings is 3. The molecule has 5 rings (SSSR count). The Hall–Kier alpha value is -4.18. The van der Waals surface area contributed by atoms with Crippen molar-refractivity contribution in [2.24, 2.45) is 0 Å². The molecule has 0 radical (unpaired) electrons. The van der Waals surface area contributed by atoms with Crippen molar-refractivity contribution in [2.75, 3.05) is 18.0 Å². The summed E-state index contributed by atoms with van der Waals surface area (Å²) in [5.74, 6) is -2.68. The van der Waals surface area contributed by atoms with Gasteiger partial charge in [-0.3, -0.25) is 13.9 Å². The third-order valence-electron chi connectivity index (χ3n) is 6.43. The number of hydrogen-bond donors (Lipinski definition) is 5. The van der Waals surface area contributed by atoms with Crippen molar-refractivity contribution in [1.82, 2.24) is 5.32 Å². The smallest absolute Gasteiger partial charge is 0.340 e. The molecule has 0 aliphatic carbocycles. The summed E-state index contributed by atoms with van der Waals surface area (Å²) in [6, 6.07) is 8.94. The minimum absolute atomic E-state index is 0.0755. The number of carbonyl (C=O) groups excluding carboxylic acids is 2. The maximum atomic E-state index is 13.3. The highest BCUT2D eigenvalue weighted by Gasteiger charge is 2.56. The van der Waals surface area contributed by atoms with Crippen LogP contribution in [0, 0.1) is 0 Å². The molecule has 0 unspecified atom stereocenters. The van der Waals surface area contributed by atoms with Crippen molar-refractivity contribution in [3.8, 4) is 11.5 Å². The van der Waals surface area contributed by atoms with E-state index >= 15 is 0 Å². The van der Waals surface area contributed by atoms with E-state index in [0.29, 0.717) is 13.0 Å². The number of rotatable bonds is 5. The van der Waals surface area contributed by atoms with Crippen molar-refractivity contribution in [1.29, 1.82) is 0 Å². The van der Waals surface area contributed by atoms with Gasteiger partial charge in [0, 0.05) is 28.8 Å². The molecular formula is C24H21N3O10S2. The minimum atomic E-state index is -5.09. The van der Waals surface area contributed by atoms with Crippen LogP contribution in [0.2, 0.25) is 0 Å². The van der Waals surface area contributed by atoms with Crippen LogP contribution in [0.1, 0.15) is 50.8 Å². The van der Waals surface area contributed by atoms with Crippen LogP contribution in [-0.2, 0) is 30.6 Å². The SMILES string of the molecule is CCCNC(=O)c1ccc2c(c1)C(=O)OC21c2ccc(N)c(S(=O)(=O)O)c2Oc2c1ccc(N)c2S(=O)(=O)O. The predicted molar refractivity (Wildman–Crippen MR) is 136 cm³/mol. The summed E-state index contributed by atoms with van der Waals surface area (Å²) < 4.78 is 80.9. The first-order valence-electron chi connectivity index (χ1n) is 11.4. The van der Waals surface area contributed by atoms with Crippen molar-refractivity contribution in [3.63, 3.8) is 0 Å². The molecule has 0 atom stereocenters. The van der Waals surface area contributed by atoms with Gasteiger partial charge in [0.1, 0.15) is 0 Å². The Bertz CT molecular complexity index is 1730. The van der Waals surface area contributed by atoms with Crippen molar-refractivity contribution < 1.29 is 45.0 Å². The van der Waals surface area contributed by atoms with E-state index in [2.05, 4.69) is 5.32 Å². The van der Waals surface area contributed by atoms with E-state index in [1.165, 1.54) is 30.3 Å². The number of carbonyl (C=O) groups is 2. The van der Waals surface area contributed by atoms with Crippen molar-refractivity contribution >= 4 is 43.5 Å². The Morgan fingerprint density at radius 1 is 0.897 bits per heavy atom. The Morgan fingerprint density at radius 3 is 1.90 bits per heavy atom. The Kier molecular flexibility index (Phi) is 5.88. The van der Waals surface area contributed by atoms with Crippen LogP contribution in [-0.4, -0.2) is 44.4 Å². The summed E-state index contributed by atoms with van der Waals surface area (Å²) in [6.45, 7) is 2.26. The molecule has 3 aromatic carbocycles. The first-order valence-corrected chi connectivity index (χ1v) is 14.2. The second-order valence-electron chi connectivity index (χ2n) is 8.86. The third-order valence-corrected chi connectivity index (χ3v) is 8.30. The van der Waals surface area contributed by atoms with Gasteiger partial charge in [-0.2, -0.15) is 16.8 Å². The van der Waals surface area contributed by atoms with Crippen LogP contribution in [0.15, 0.2) is 52.3 Å². The number of amides is 1. The highest BCUT2D eigenvalue weighted by Crippen LogP contribution is 2.59. The number of nitrogens with one attached hydrogen (secondary N) is 1. The molecule has 2 aliphatic heterocycles. The van der Waals surface area contributed by atoms with Crippen LogP contribution in [0.4, 0.5) is 11.4 Å². The van der Waals surface area contributed by atoms with Crippen LogP contribution < -0.4 is 21.5 Å². The molecule has 0 bridgehead atoms. The summed E-state index contributed by atoms with van der Waals surface area (Å²) in [7, 11) is -10.2. The standard InChI is InChI=1S/C24H21N3O10S2/c1-2-9-27-22(28)11-3-4-13-12(10-11)23(29)37-24(13)14-5-7-16(25)20(38(30,31)32)18(14)36-19-15(24)6-8-17(26)21(19)39(33,34)35/h3-8,10H,2,9,25-26H2,1H3,(H,27,28)(H,30,31,32)(H,33,34,35). The molecule has 0 aromatic heterocycles. The topological polar surface area (TPSA) is 225 Å². The Labute approximate surface area is 222 Å². The third kappa shape index (κ3) is 3.89. The molecule has 2 heterocycles. The molecule has 1 amide bonds. The summed E-state index contributed by atoms with van der Waals surface area (Å²) >= 11 is 0. The maximum Gasteiger partial charge on any atom is 0.340 e. The van der Waals surface area contributed by atoms with Crippen LogP contribution >= 0.6 is 0 Å². The fourth-order valence-electron chi connectivity index (χ4n) is 4.84. The highest BCUT2D eigenvalue weighted by molar-refractivity contribution is 7.86. The molecule has 0 fully saturated rings. The van der Waals surface area contributed by atoms with Gasteiger partial charge >= 0.3 is 5.97 Å². The summed E-state index contributed by atoms with van der Waals surface area (Å²) in [4.78, 5) is 24.0.